The maximum Gasteiger partial charge on any atom is 0.119 e. The molecule has 0 bridgehead atoms. The second-order valence-electron chi connectivity index (χ2n) is 3.40. The molecule has 0 spiro atoms. The Labute approximate surface area is 91.1 Å². The van der Waals surface area contributed by atoms with Gasteiger partial charge in [-0.15, -0.1) is 12.4 Å². The van der Waals surface area contributed by atoms with Crippen molar-refractivity contribution in [3.05, 3.63) is 30.3 Å². The van der Waals surface area contributed by atoms with Crippen LogP contribution >= 0.6 is 12.4 Å². The lowest BCUT2D eigenvalue weighted by molar-refractivity contribution is 0.167. The van der Waals surface area contributed by atoms with Crippen molar-refractivity contribution >= 4 is 12.4 Å². The lowest BCUT2D eigenvalue weighted by Crippen LogP contribution is -2.37. The largest absolute Gasteiger partial charge is 0.489 e. The third-order valence-electron chi connectivity index (χ3n) is 2.30. The van der Waals surface area contributed by atoms with Crippen molar-refractivity contribution in [1.29, 1.82) is 0 Å². The minimum Gasteiger partial charge on any atom is -0.489 e. The fourth-order valence-corrected chi connectivity index (χ4v) is 1.61. The van der Waals surface area contributed by atoms with Gasteiger partial charge in [0.05, 0.1) is 0 Å². The molecule has 1 N–H and O–H groups in total. The van der Waals surface area contributed by atoms with Crippen LogP contribution in [0, 0.1) is 0 Å². The van der Waals surface area contributed by atoms with Gasteiger partial charge < -0.3 is 10.1 Å². The lowest BCUT2D eigenvalue weighted by atomic mass is 10.1. The molecule has 2 nitrogen and oxygen atoms in total. The van der Waals surface area contributed by atoms with Gasteiger partial charge in [0.1, 0.15) is 11.9 Å². The van der Waals surface area contributed by atoms with E-state index in [2.05, 4.69) is 5.32 Å². The van der Waals surface area contributed by atoms with E-state index in [4.69, 9.17) is 4.74 Å². The van der Waals surface area contributed by atoms with Gasteiger partial charge in [0.25, 0.3) is 0 Å². The minimum atomic E-state index is 0. The fraction of sp³-hybridized carbons (Fsp3) is 0.455. The lowest BCUT2D eigenvalue weighted by Gasteiger charge is -2.23. The van der Waals surface area contributed by atoms with Gasteiger partial charge >= 0.3 is 0 Å². The molecular formula is C11H16ClNO. The summed E-state index contributed by atoms with van der Waals surface area (Å²) in [5.41, 5.74) is 0. The first kappa shape index (κ1) is 11.3. The molecule has 14 heavy (non-hydrogen) atoms. The van der Waals surface area contributed by atoms with E-state index in [1.807, 2.05) is 30.3 Å². The van der Waals surface area contributed by atoms with Gasteiger partial charge in [-0.3, -0.25) is 0 Å². The summed E-state index contributed by atoms with van der Waals surface area (Å²) in [4.78, 5) is 0. The van der Waals surface area contributed by atoms with Crippen molar-refractivity contribution in [3.8, 4) is 5.75 Å². The van der Waals surface area contributed by atoms with Crippen molar-refractivity contribution in [2.24, 2.45) is 0 Å². The van der Waals surface area contributed by atoms with Crippen molar-refractivity contribution in [2.75, 3.05) is 13.1 Å². The smallest absolute Gasteiger partial charge is 0.119 e. The van der Waals surface area contributed by atoms with Crippen molar-refractivity contribution < 1.29 is 4.74 Å². The number of nitrogens with one attached hydrogen (secondary N) is 1. The zero-order valence-corrected chi connectivity index (χ0v) is 8.93. The van der Waals surface area contributed by atoms with Gasteiger partial charge in [0.15, 0.2) is 0 Å². The predicted octanol–water partition coefficient (Wildman–Crippen LogP) is 2.24. The Hall–Kier alpha value is -0.730. The molecule has 1 atom stereocenters. The molecule has 78 valence electrons. The quantitative estimate of drug-likeness (QED) is 0.814. The highest BCUT2D eigenvalue weighted by molar-refractivity contribution is 5.85. The minimum absolute atomic E-state index is 0. The summed E-state index contributed by atoms with van der Waals surface area (Å²) in [6.45, 7) is 2.11. The molecule has 3 heteroatoms. The standard InChI is InChI=1S/C11H15NO.ClH/c1-2-5-10(6-3-1)13-11-7-4-8-12-9-11;/h1-3,5-6,11-12H,4,7-9H2;1H/t11-;/m0./s1. The Morgan fingerprint density at radius 1 is 1.21 bits per heavy atom. The summed E-state index contributed by atoms with van der Waals surface area (Å²) in [6.07, 6.45) is 2.75. The number of ether oxygens (including phenoxy) is 1. The van der Waals surface area contributed by atoms with Crippen molar-refractivity contribution in [1.82, 2.24) is 5.32 Å². The summed E-state index contributed by atoms with van der Waals surface area (Å²) >= 11 is 0. The molecule has 1 heterocycles. The average Bonchev–Trinajstić information content (AvgIpc) is 2.21. The van der Waals surface area contributed by atoms with Gasteiger partial charge in [0.2, 0.25) is 0 Å². The number of piperidine rings is 1. The van der Waals surface area contributed by atoms with Crippen LogP contribution in [0.15, 0.2) is 30.3 Å². The molecule has 1 aliphatic rings. The Morgan fingerprint density at radius 3 is 2.64 bits per heavy atom. The maximum atomic E-state index is 5.79. The Morgan fingerprint density at radius 2 is 2.00 bits per heavy atom. The molecule has 2 rings (SSSR count). The van der Waals surface area contributed by atoms with Crippen LogP contribution in [-0.2, 0) is 0 Å². The molecule has 0 saturated carbocycles. The highest BCUT2D eigenvalue weighted by atomic mass is 35.5. The van der Waals surface area contributed by atoms with Gasteiger partial charge in [-0.25, -0.2) is 0 Å². The highest BCUT2D eigenvalue weighted by Gasteiger charge is 2.13. The zero-order chi connectivity index (χ0) is 8.93. The highest BCUT2D eigenvalue weighted by Crippen LogP contribution is 2.14. The van der Waals surface area contributed by atoms with E-state index in [0.29, 0.717) is 6.10 Å². The summed E-state index contributed by atoms with van der Waals surface area (Å²) in [7, 11) is 0. The predicted molar refractivity (Wildman–Crippen MR) is 60.2 cm³/mol. The molecule has 1 fully saturated rings. The van der Waals surface area contributed by atoms with Crippen LogP contribution in [0.2, 0.25) is 0 Å². The van der Waals surface area contributed by atoms with E-state index in [9.17, 15) is 0 Å². The molecule has 0 unspecified atom stereocenters. The summed E-state index contributed by atoms with van der Waals surface area (Å²) in [5, 5.41) is 3.33. The van der Waals surface area contributed by atoms with Gasteiger partial charge in [-0.2, -0.15) is 0 Å². The maximum absolute atomic E-state index is 5.79. The molecular weight excluding hydrogens is 198 g/mol. The molecule has 0 aromatic heterocycles. The molecule has 1 saturated heterocycles. The van der Waals surface area contributed by atoms with Crippen LogP contribution in [0.5, 0.6) is 5.75 Å². The van der Waals surface area contributed by atoms with Crippen LogP contribution in [0.3, 0.4) is 0 Å². The van der Waals surface area contributed by atoms with Gasteiger partial charge in [-0.05, 0) is 31.5 Å². The molecule has 1 aromatic rings. The molecule has 0 amide bonds. The zero-order valence-electron chi connectivity index (χ0n) is 8.11. The SMILES string of the molecule is Cl.c1ccc(O[C@H]2CCCNC2)cc1. The fourth-order valence-electron chi connectivity index (χ4n) is 1.61. The summed E-state index contributed by atoms with van der Waals surface area (Å²) in [5.74, 6) is 0.983. The monoisotopic (exact) mass is 213 g/mol. The van der Waals surface area contributed by atoms with E-state index in [1.54, 1.807) is 0 Å². The third-order valence-corrected chi connectivity index (χ3v) is 2.30. The second-order valence-corrected chi connectivity index (χ2v) is 3.40. The van der Waals surface area contributed by atoms with E-state index >= 15 is 0 Å². The normalized spacial score (nSPS) is 21.0. The van der Waals surface area contributed by atoms with Crippen LogP contribution < -0.4 is 10.1 Å². The van der Waals surface area contributed by atoms with Crippen molar-refractivity contribution in [2.45, 2.75) is 18.9 Å². The molecule has 0 aliphatic carbocycles. The van der Waals surface area contributed by atoms with E-state index < -0.39 is 0 Å². The topological polar surface area (TPSA) is 21.3 Å². The van der Waals surface area contributed by atoms with Gasteiger partial charge in [0, 0.05) is 6.54 Å². The van der Waals surface area contributed by atoms with Gasteiger partial charge in [-0.1, -0.05) is 18.2 Å². The van der Waals surface area contributed by atoms with Crippen LogP contribution in [0.4, 0.5) is 0 Å². The Bertz CT molecular complexity index is 247. The average molecular weight is 214 g/mol. The number of benzene rings is 1. The van der Waals surface area contributed by atoms with Crippen LogP contribution in [0.25, 0.3) is 0 Å². The molecule has 1 aliphatic heterocycles. The number of para-hydroxylation sites is 1. The first-order valence-electron chi connectivity index (χ1n) is 4.87. The number of hydrogen-bond acceptors (Lipinski definition) is 2. The van der Waals surface area contributed by atoms with E-state index in [0.717, 1.165) is 18.8 Å². The Kier molecular flexibility index (Phi) is 4.77. The van der Waals surface area contributed by atoms with Crippen LogP contribution in [0.1, 0.15) is 12.8 Å². The second kappa shape index (κ2) is 5.89. The van der Waals surface area contributed by atoms with Crippen molar-refractivity contribution in [3.63, 3.8) is 0 Å². The van der Waals surface area contributed by atoms with E-state index in [1.165, 1.54) is 12.8 Å². The number of rotatable bonds is 2. The first-order valence-corrected chi connectivity index (χ1v) is 4.87. The number of hydrogen-bond donors (Lipinski definition) is 1. The molecule has 1 aromatic carbocycles. The third kappa shape index (κ3) is 3.20. The molecule has 0 radical (unpaired) electrons. The van der Waals surface area contributed by atoms with Crippen LogP contribution in [-0.4, -0.2) is 19.2 Å². The first-order chi connectivity index (χ1) is 6.45. The number of halogens is 1. The summed E-state index contributed by atoms with van der Waals surface area (Å²) in [6, 6.07) is 10.0. The summed E-state index contributed by atoms with van der Waals surface area (Å²) < 4.78 is 5.79. The Balaban J connectivity index is 0.000000980. The van der Waals surface area contributed by atoms with E-state index in [-0.39, 0.29) is 12.4 Å².